The lowest BCUT2D eigenvalue weighted by atomic mass is 9.99. The van der Waals surface area contributed by atoms with Crippen molar-refractivity contribution in [2.24, 2.45) is 0 Å². The first-order valence-electron chi connectivity index (χ1n) is 8.60. The van der Waals surface area contributed by atoms with Crippen LogP contribution >= 0.6 is 0 Å². The minimum atomic E-state index is -3.50. The summed E-state index contributed by atoms with van der Waals surface area (Å²) in [5.41, 5.74) is 2.53. The van der Waals surface area contributed by atoms with Crippen LogP contribution in [-0.4, -0.2) is 48.1 Å². The Bertz CT molecular complexity index is 911. The topological polar surface area (TPSA) is 70.6 Å². The number of pyridine rings is 1. The monoisotopic (exact) mass is 373 g/mol. The molecule has 1 aromatic heterocycles. The number of carbonyl (C=O) groups excluding carboxylic acids is 1. The van der Waals surface area contributed by atoms with E-state index in [4.69, 9.17) is 0 Å². The average molecular weight is 373 g/mol. The lowest BCUT2D eigenvalue weighted by Gasteiger charge is -2.29. The van der Waals surface area contributed by atoms with Gasteiger partial charge in [-0.15, -0.1) is 0 Å². The number of amides is 1. The summed E-state index contributed by atoms with van der Waals surface area (Å²) in [6, 6.07) is 8.58. The molecule has 26 heavy (non-hydrogen) atoms. The summed E-state index contributed by atoms with van der Waals surface area (Å²) in [5, 5.41) is 0. The van der Waals surface area contributed by atoms with Crippen LogP contribution in [0.3, 0.4) is 0 Å². The predicted octanol–water partition coefficient (Wildman–Crippen LogP) is 2.31. The maximum Gasteiger partial charge on any atom is 0.255 e. The zero-order chi connectivity index (χ0) is 18.9. The molecule has 1 aromatic carbocycles. The van der Waals surface area contributed by atoms with Gasteiger partial charge in [0.25, 0.3) is 5.91 Å². The molecule has 1 aliphatic heterocycles. The van der Waals surface area contributed by atoms with Crippen LogP contribution in [-0.2, 0) is 23.0 Å². The van der Waals surface area contributed by atoms with Gasteiger partial charge in [0.05, 0.1) is 10.5 Å². The molecule has 1 aliphatic rings. The first kappa shape index (κ1) is 18.5. The van der Waals surface area contributed by atoms with Crippen LogP contribution in [0.5, 0.6) is 0 Å². The van der Waals surface area contributed by atoms with Crippen molar-refractivity contribution in [1.82, 2.24) is 14.2 Å². The van der Waals surface area contributed by atoms with Gasteiger partial charge in [0.2, 0.25) is 10.0 Å². The molecule has 2 aromatic rings. The van der Waals surface area contributed by atoms with Gasteiger partial charge in [-0.05, 0) is 55.7 Å². The molecule has 0 aliphatic carbocycles. The highest BCUT2D eigenvalue weighted by Gasteiger charge is 2.26. The molecule has 3 rings (SSSR count). The zero-order valence-electron chi connectivity index (χ0n) is 15.2. The highest BCUT2D eigenvalue weighted by Crippen LogP contribution is 2.25. The average Bonchev–Trinajstić information content (AvgIpc) is 2.66. The minimum absolute atomic E-state index is 0.0556. The molecule has 0 spiro atoms. The second-order valence-electron chi connectivity index (χ2n) is 6.76. The Morgan fingerprint density at radius 1 is 1.23 bits per heavy atom. The van der Waals surface area contributed by atoms with Gasteiger partial charge in [-0.25, -0.2) is 8.42 Å². The summed E-state index contributed by atoms with van der Waals surface area (Å²) in [4.78, 5) is 18.7. The first-order valence-corrected chi connectivity index (χ1v) is 10.0. The second kappa shape index (κ2) is 7.17. The van der Waals surface area contributed by atoms with Crippen molar-refractivity contribution in [3.05, 3.63) is 59.4 Å². The first-order chi connectivity index (χ1) is 12.3. The molecular weight excluding hydrogens is 350 g/mol. The maximum atomic E-state index is 12.7. The van der Waals surface area contributed by atoms with Crippen molar-refractivity contribution < 1.29 is 13.2 Å². The third-order valence-electron chi connectivity index (χ3n) is 4.79. The van der Waals surface area contributed by atoms with Crippen LogP contribution in [0.2, 0.25) is 0 Å². The van der Waals surface area contributed by atoms with Crippen LogP contribution < -0.4 is 0 Å². The Kier molecular flexibility index (Phi) is 5.11. The van der Waals surface area contributed by atoms with E-state index in [-0.39, 0.29) is 11.9 Å². The molecule has 0 saturated heterocycles. The molecule has 138 valence electrons. The number of aromatic nitrogens is 1. The lowest BCUT2D eigenvalue weighted by Crippen LogP contribution is -2.36. The van der Waals surface area contributed by atoms with Crippen LogP contribution in [0, 0.1) is 0 Å². The fourth-order valence-corrected chi connectivity index (χ4v) is 4.40. The summed E-state index contributed by atoms with van der Waals surface area (Å²) in [6.07, 6.45) is 3.84. The molecule has 0 fully saturated rings. The molecule has 0 radical (unpaired) electrons. The molecule has 0 atom stereocenters. The number of sulfonamides is 1. The van der Waals surface area contributed by atoms with Crippen molar-refractivity contribution in [2.45, 2.75) is 37.8 Å². The second-order valence-corrected chi connectivity index (χ2v) is 8.76. The van der Waals surface area contributed by atoms with Gasteiger partial charge in [-0.1, -0.05) is 6.07 Å². The summed E-state index contributed by atoms with van der Waals surface area (Å²) in [5.74, 6) is -0.0556. The highest BCUT2D eigenvalue weighted by molar-refractivity contribution is 7.89. The van der Waals surface area contributed by atoms with Gasteiger partial charge in [0, 0.05) is 38.6 Å². The molecule has 0 N–H and O–H groups in total. The highest BCUT2D eigenvalue weighted by atomic mass is 32.2. The summed E-state index contributed by atoms with van der Waals surface area (Å²) >= 11 is 0. The summed E-state index contributed by atoms with van der Waals surface area (Å²) < 4.78 is 26.7. The quantitative estimate of drug-likeness (QED) is 0.825. The van der Waals surface area contributed by atoms with Crippen molar-refractivity contribution >= 4 is 15.9 Å². The van der Waals surface area contributed by atoms with Crippen molar-refractivity contribution in [3.63, 3.8) is 0 Å². The van der Waals surface area contributed by atoms with Gasteiger partial charge >= 0.3 is 0 Å². The largest absolute Gasteiger partial charge is 0.334 e. The van der Waals surface area contributed by atoms with Crippen molar-refractivity contribution in [3.8, 4) is 0 Å². The number of fused-ring (bicyclic) bond motifs is 1. The van der Waals surface area contributed by atoms with Crippen molar-refractivity contribution in [2.75, 3.05) is 13.6 Å². The van der Waals surface area contributed by atoms with E-state index in [1.165, 1.54) is 4.31 Å². The van der Waals surface area contributed by atoms with Gasteiger partial charge in [-0.3, -0.25) is 9.78 Å². The molecular formula is C19H23N3O3S. The normalized spacial score (nSPS) is 14.6. The minimum Gasteiger partial charge on any atom is -0.334 e. The molecule has 1 amide bonds. The number of rotatable bonds is 4. The Morgan fingerprint density at radius 2 is 2.00 bits per heavy atom. The summed E-state index contributed by atoms with van der Waals surface area (Å²) in [7, 11) is -1.91. The molecule has 0 saturated carbocycles. The van der Waals surface area contributed by atoms with Crippen LogP contribution in [0.15, 0.2) is 47.6 Å². The standard InChI is InChI=1S/C19H23N3O3S/c1-14(2)21(3)26(24,25)18-7-6-17-13-22(10-8-15(17)11-18)19(23)16-5-4-9-20-12-16/h4-7,9,11-12,14H,8,10,13H2,1-3H3. The van der Waals surface area contributed by atoms with E-state index in [0.717, 1.165) is 11.1 Å². The smallest absolute Gasteiger partial charge is 0.255 e. The summed E-state index contributed by atoms with van der Waals surface area (Å²) in [6.45, 7) is 4.73. The Morgan fingerprint density at radius 3 is 2.65 bits per heavy atom. The number of benzene rings is 1. The maximum absolute atomic E-state index is 12.7. The Hall–Kier alpha value is -2.25. The van der Waals surface area contributed by atoms with Gasteiger partial charge in [0.15, 0.2) is 0 Å². The lowest BCUT2D eigenvalue weighted by molar-refractivity contribution is 0.0734. The SMILES string of the molecule is CC(C)N(C)S(=O)(=O)c1ccc2c(c1)CCN(C(=O)c1cccnc1)C2. The zero-order valence-corrected chi connectivity index (χ0v) is 16.0. The molecule has 2 heterocycles. The van der Waals surface area contributed by atoms with Crippen LogP contribution in [0.4, 0.5) is 0 Å². The number of hydrogen-bond donors (Lipinski definition) is 0. The van der Waals surface area contributed by atoms with E-state index >= 15 is 0 Å². The fourth-order valence-electron chi connectivity index (χ4n) is 2.98. The molecule has 0 bridgehead atoms. The Balaban J connectivity index is 1.83. The van der Waals surface area contributed by atoms with E-state index in [1.54, 1.807) is 48.6 Å². The fraction of sp³-hybridized carbons (Fsp3) is 0.368. The van der Waals surface area contributed by atoms with Gasteiger partial charge in [0.1, 0.15) is 0 Å². The van der Waals surface area contributed by atoms with Gasteiger partial charge in [-0.2, -0.15) is 4.31 Å². The number of nitrogens with zero attached hydrogens (tertiary/aromatic N) is 3. The molecule has 6 nitrogen and oxygen atoms in total. The van der Waals surface area contributed by atoms with Crippen LogP contribution in [0.25, 0.3) is 0 Å². The van der Waals surface area contributed by atoms with E-state index in [2.05, 4.69) is 4.98 Å². The van der Waals surface area contributed by atoms with E-state index < -0.39 is 10.0 Å². The van der Waals surface area contributed by atoms with Crippen molar-refractivity contribution in [1.29, 1.82) is 0 Å². The van der Waals surface area contributed by atoms with Gasteiger partial charge < -0.3 is 4.90 Å². The molecule has 0 unspecified atom stereocenters. The van der Waals surface area contributed by atoms with Crippen LogP contribution in [0.1, 0.15) is 35.3 Å². The van der Waals surface area contributed by atoms with E-state index in [1.807, 2.05) is 19.9 Å². The molecule has 7 heteroatoms. The Labute approximate surface area is 154 Å². The third-order valence-corrected chi connectivity index (χ3v) is 6.82. The van der Waals surface area contributed by atoms with E-state index in [9.17, 15) is 13.2 Å². The number of carbonyl (C=O) groups is 1. The number of hydrogen-bond acceptors (Lipinski definition) is 4. The predicted molar refractivity (Wildman–Crippen MR) is 99.2 cm³/mol. The van der Waals surface area contributed by atoms with E-state index in [0.29, 0.717) is 30.0 Å². The third kappa shape index (κ3) is 3.50.